The molecule has 0 saturated heterocycles. The van der Waals surface area contributed by atoms with Crippen LogP contribution in [-0.4, -0.2) is 172 Å². The molecular weight excluding hydrogens is 1760 g/mol. The minimum Gasteiger partial charge on any atom is -0.478 e. The normalized spacial score (nSPS) is 12.2. The molecule has 0 amide bonds. The number of rotatable bonds is 29. The van der Waals surface area contributed by atoms with Crippen LogP contribution >= 0.6 is 0 Å². The summed E-state index contributed by atoms with van der Waals surface area (Å²) < 4.78 is 155. The molecule has 4 aromatic heterocycles. The van der Waals surface area contributed by atoms with Gasteiger partial charge in [-0.25, -0.2) is 19.2 Å². The second-order valence-corrected chi connectivity index (χ2v) is 33.4. The number of hydrogen-bond acceptors (Lipinski definition) is 32. The number of ketones is 4. The minimum atomic E-state index is -5.27. The van der Waals surface area contributed by atoms with Crippen molar-refractivity contribution in [2.45, 2.75) is 19.6 Å². The Morgan fingerprint density at radius 2 is 0.688 bits per heavy atom. The van der Waals surface area contributed by atoms with E-state index in [0.29, 0.717) is 0 Å². The van der Waals surface area contributed by atoms with Crippen LogP contribution in [-0.2, 0) is 40.5 Å². The highest BCUT2D eigenvalue weighted by Gasteiger charge is 2.37. The van der Waals surface area contributed by atoms with E-state index in [9.17, 15) is 120 Å². The number of anilines is 10. The zero-order chi connectivity index (χ0) is 91.1. The first-order chi connectivity index (χ1) is 60.7. The Hall–Kier alpha value is -16.8. The molecular formula is C82H52N14O28S4. The summed E-state index contributed by atoms with van der Waals surface area (Å²) in [4.78, 5) is 164. The third-order valence-electron chi connectivity index (χ3n) is 19.6. The van der Waals surface area contributed by atoms with Crippen molar-refractivity contribution in [2.75, 3.05) is 45.0 Å². The summed E-state index contributed by atoms with van der Waals surface area (Å²) in [5.41, 5.74) is -7.52. The predicted octanol–water partition coefficient (Wildman–Crippen LogP) is 10.5. The van der Waals surface area contributed by atoms with E-state index in [1.54, 1.807) is 0 Å². The lowest BCUT2D eigenvalue weighted by atomic mass is 9.80. The quantitative estimate of drug-likeness (QED) is 0.0118. The SMILES string of the molecule is O=C(O)c1cc(Oc2nc(NCCNc3nc(Nc4cc(Nc5ccc6[nH]c(=O)c(C(=O)c7cccc(S(=O)(=O)O)c7)c7c6c5C(=O)c5ccccc5-7)ccc4S(=O)(=O)O)nc(Oc4cc(C(=O)O)cc(C(=O)O)c4)n3)nc(Nc3cc(Nc4ccc5[nH]c(=O)c(C(=O)c6cccc(S(=O)(=O)O)c6)c6c5c4C(=O)c4ccccc4-6)ccc3S(=O)(=O)O)n2)cc(C(=O)O)c1. The van der Waals surface area contributed by atoms with Crippen molar-refractivity contribution in [3.63, 3.8) is 0 Å². The van der Waals surface area contributed by atoms with Gasteiger partial charge >= 0.3 is 35.9 Å². The Morgan fingerprint density at radius 1 is 0.336 bits per heavy atom. The number of carboxylic acids is 4. The van der Waals surface area contributed by atoms with Gasteiger partial charge in [0.15, 0.2) is 23.1 Å². The molecule has 14 aromatic rings. The number of carbonyl (C=O) groups excluding carboxylic acids is 4. The Labute approximate surface area is 715 Å². The van der Waals surface area contributed by atoms with Gasteiger partial charge in [-0.3, -0.25) is 47.0 Å². The van der Waals surface area contributed by atoms with Crippen LogP contribution in [0.3, 0.4) is 0 Å². The maximum absolute atomic E-state index is 14.8. The molecule has 0 saturated carbocycles. The first-order valence-corrected chi connectivity index (χ1v) is 42.3. The second-order valence-electron chi connectivity index (χ2n) is 27.8. The van der Waals surface area contributed by atoms with Crippen molar-refractivity contribution < 1.29 is 120 Å². The van der Waals surface area contributed by atoms with Crippen LogP contribution in [0.5, 0.6) is 23.5 Å². The Morgan fingerprint density at radius 3 is 1.03 bits per heavy atom. The van der Waals surface area contributed by atoms with E-state index in [-0.39, 0.29) is 100 Å². The first kappa shape index (κ1) is 84.8. The standard InChI is InChI=1S/C82H52N14O28S4/c97-67(35-7-5-9-45(31-35)125(111,112)113)65-59-47-11-1-3-13-49(47)69(99)63-53(19-17-51(61(59)63)87-71(65)101)85-41-15-21-57(127(117,118)119)55(33-41)89-79-91-77(93-81(95-79)123-43-27-37(73(103)104)25-38(28-43)74(105)106)83-23-24-84-78-92-80(96-82(94-78)124-44-29-39(75(107)108)26-40(30-44)76(109)110)90-56-34-42(16-22-58(56)128(120,121)122)86-54-20-18-52-62-60(48-12-2-4-14-50(48)70(100)64(54)62)66(72(102)88-52)68(98)36-8-6-10-46(32-36)126(114,115)116/h1-22,25-34,85-86H,23-24H2,(H,87,101)(H,88,102)(H,103,104)(H,105,106)(H,107,108)(H,109,110)(H,111,112,113)(H,114,115,116)(H,117,118,119)(H,120,121,122)(H2,83,89,91,93,95)(H2,84,90,92,94,96). The highest BCUT2D eigenvalue weighted by atomic mass is 32.2. The van der Waals surface area contributed by atoms with Gasteiger partial charge in [0.1, 0.15) is 21.3 Å². The smallest absolute Gasteiger partial charge is 0.335 e. The molecule has 0 atom stereocenters. The van der Waals surface area contributed by atoms with Gasteiger partial charge in [0.25, 0.3) is 51.6 Å². The van der Waals surface area contributed by atoms with Crippen LogP contribution in [0.4, 0.5) is 57.9 Å². The number of benzene rings is 10. The van der Waals surface area contributed by atoms with Crippen molar-refractivity contribution in [1.29, 1.82) is 0 Å². The van der Waals surface area contributed by atoms with Crippen LogP contribution < -0.4 is 52.5 Å². The van der Waals surface area contributed by atoms with Gasteiger partial charge in [-0.2, -0.15) is 63.6 Å². The third-order valence-corrected chi connectivity index (χ3v) is 23.2. The van der Waals surface area contributed by atoms with Crippen LogP contribution in [0.2, 0.25) is 0 Å². The zero-order valence-corrected chi connectivity index (χ0v) is 67.2. The van der Waals surface area contributed by atoms with Crippen molar-refractivity contribution >= 4 is 167 Å². The number of aromatic nitrogens is 8. The maximum atomic E-state index is 14.8. The Kier molecular flexibility index (Phi) is 21.5. The number of ether oxygens (including phenoxy) is 2. The summed E-state index contributed by atoms with van der Waals surface area (Å²) in [6.07, 6.45) is 0. The molecule has 16 rings (SSSR count). The molecule has 0 fully saturated rings. The number of nitrogens with zero attached hydrogens (tertiary/aromatic N) is 6. The third kappa shape index (κ3) is 16.8. The van der Waals surface area contributed by atoms with Gasteiger partial charge in [-0.05, 0) is 132 Å². The van der Waals surface area contributed by atoms with Gasteiger partial charge < -0.3 is 71.8 Å². The van der Waals surface area contributed by atoms with Gasteiger partial charge in [0.05, 0.1) is 77.0 Å². The summed E-state index contributed by atoms with van der Waals surface area (Å²) in [6, 6.07) is 35.7. The summed E-state index contributed by atoms with van der Waals surface area (Å²) in [5.74, 6) is -13.2. The van der Waals surface area contributed by atoms with Gasteiger partial charge in [-0.1, -0.05) is 72.8 Å². The molecule has 642 valence electrons. The lowest BCUT2D eigenvalue weighted by Crippen LogP contribution is -2.24. The van der Waals surface area contributed by atoms with E-state index in [1.807, 2.05) is 0 Å². The molecule has 46 heteroatoms. The molecule has 42 nitrogen and oxygen atoms in total. The lowest BCUT2D eigenvalue weighted by molar-refractivity contribution is 0.0675. The average molecular weight is 1810 g/mol. The van der Waals surface area contributed by atoms with E-state index < -0.39 is 223 Å². The minimum absolute atomic E-state index is 0.0132. The molecule has 10 aromatic carbocycles. The molecule has 0 spiro atoms. The van der Waals surface area contributed by atoms with Gasteiger partial charge in [0, 0.05) is 79.7 Å². The highest BCUT2D eigenvalue weighted by molar-refractivity contribution is 7.86. The molecule has 0 aliphatic heterocycles. The van der Waals surface area contributed by atoms with Gasteiger partial charge in [-0.15, -0.1) is 0 Å². The van der Waals surface area contributed by atoms with Crippen molar-refractivity contribution in [2.24, 2.45) is 0 Å². The topological polar surface area (TPSA) is 669 Å². The van der Waals surface area contributed by atoms with Gasteiger partial charge in [0.2, 0.25) is 23.8 Å². The molecule has 4 heterocycles. The number of carbonyl (C=O) groups is 8. The monoisotopic (exact) mass is 1810 g/mol. The van der Waals surface area contributed by atoms with Crippen molar-refractivity contribution in [3.8, 4) is 45.8 Å². The van der Waals surface area contributed by atoms with Crippen LogP contribution in [0.25, 0.3) is 44.1 Å². The predicted molar refractivity (Wildman–Crippen MR) is 449 cm³/mol. The largest absolute Gasteiger partial charge is 0.478 e. The summed E-state index contributed by atoms with van der Waals surface area (Å²) >= 11 is 0. The van der Waals surface area contributed by atoms with E-state index in [2.05, 4.69) is 71.8 Å². The van der Waals surface area contributed by atoms with Crippen LogP contribution in [0, 0.1) is 0 Å². The molecule has 0 bridgehead atoms. The van der Waals surface area contributed by atoms with Crippen molar-refractivity contribution in [1.82, 2.24) is 39.9 Å². The molecule has 2 aliphatic carbocycles. The average Bonchev–Trinajstić information content (AvgIpc) is 0.716. The van der Waals surface area contributed by atoms with E-state index in [1.165, 1.54) is 84.9 Å². The fourth-order valence-electron chi connectivity index (χ4n) is 14.2. The Balaban J connectivity index is 0.737. The fraction of sp³-hybridized carbons (Fsp3) is 0.0244. The number of nitrogens with one attached hydrogen (secondary N) is 8. The number of aromatic carboxylic acids is 4. The molecule has 0 radical (unpaired) electrons. The number of fused-ring (bicyclic) bond motifs is 4. The zero-order valence-electron chi connectivity index (χ0n) is 63.9. The molecule has 2 aliphatic rings. The lowest BCUT2D eigenvalue weighted by Gasteiger charge is -2.24. The number of carboxylic acid groups (broad SMARTS) is 4. The molecule has 128 heavy (non-hydrogen) atoms. The number of aromatic amines is 2. The number of H-pyrrole nitrogens is 2. The number of hydrogen-bond donors (Lipinski definition) is 16. The molecule has 16 N–H and O–H groups in total. The van der Waals surface area contributed by atoms with Crippen LogP contribution in [0.15, 0.2) is 223 Å². The highest BCUT2D eigenvalue weighted by Crippen LogP contribution is 2.47. The summed E-state index contributed by atoms with van der Waals surface area (Å²) in [6.45, 7) is -0.780. The van der Waals surface area contributed by atoms with Crippen LogP contribution in [0.1, 0.15) is 105 Å². The Bertz CT molecular complexity index is 7440. The van der Waals surface area contributed by atoms with E-state index >= 15 is 0 Å². The van der Waals surface area contributed by atoms with E-state index in [4.69, 9.17) is 9.47 Å². The maximum Gasteiger partial charge on any atom is 0.335 e. The van der Waals surface area contributed by atoms with Crippen molar-refractivity contribution in [3.05, 3.63) is 282 Å². The fourth-order valence-corrected chi connectivity index (χ4v) is 16.5. The second kappa shape index (κ2) is 32.5. The van der Waals surface area contributed by atoms with E-state index in [0.717, 1.165) is 109 Å². The summed E-state index contributed by atoms with van der Waals surface area (Å²) in [5, 5.41) is 56.9. The summed E-state index contributed by atoms with van der Waals surface area (Å²) in [7, 11) is -20.3. The first-order valence-electron chi connectivity index (χ1n) is 36.6. The number of pyridine rings is 2. The molecule has 0 unspecified atom stereocenters.